The minimum atomic E-state index is 0.320. The van der Waals surface area contributed by atoms with Gasteiger partial charge >= 0.3 is 0 Å². The molecular formula is C21H28N2. The number of rotatable bonds is 5. The van der Waals surface area contributed by atoms with Gasteiger partial charge in [-0.1, -0.05) is 48.4 Å². The summed E-state index contributed by atoms with van der Waals surface area (Å²) in [4.78, 5) is 2.58. The normalized spacial score (nSPS) is 17.0. The first-order valence-corrected chi connectivity index (χ1v) is 8.85. The molecule has 0 radical (unpaired) electrons. The molecule has 2 aromatic carbocycles. The van der Waals surface area contributed by atoms with Crippen molar-refractivity contribution in [2.45, 2.75) is 45.7 Å². The van der Waals surface area contributed by atoms with Crippen molar-refractivity contribution in [1.29, 1.82) is 0 Å². The van der Waals surface area contributed by atoms with Crippen LogP contribution >= 0.6 is 0 Å². The van der Waals surface area contributed by atoms with E-state index in [1.165, 1.54) is 54.7 Å². The summed E-state index contributed by atoms with van der Waals surface area (Å²) in [6.45, 7) is 7.95. The quantitative estimate of drug-likeness (QED) is 0.821. The van der Waals surface area contributed by atoms with Gasteiger partial charge < -0.3 is 5.32 Å². The van der Waals surface area contributed by atoms with Gasteiger partial charge in [-0.2, -0.15) is 0 Å². The molecule has 23 heavy (non-hydrogen) atoms. The Bertz CT molecular complexity index is 629. The third kappa shape index (κ3) is 4.59. The Labute approximate surface area is 140 Å². The van der Waals surface area contributed by atoms with Gasteiger partial charge in [0.15, 0.2) is 0 Å². The van der Waals surface area contributed by atoms with E-state index in [2.05, 4.69) is 72.6 Å². The topological polar surface area (TPSA) is 15.3 Å². The Morgan fingerprint density at radius 1 is 1.00 bits per heavy atom. The van der Waals surface area contributed by atoms with Gasteiger partial charge in [0.1, 0.15) is 0 Å². The first kappa shape index (κ1) is 16.1. The molecule has 2 aromatic rings. The molecule has 2 nitrogen and oxygen atoms in total. The van der Waals surface area contributed by atoms with Crippen LogP contribution in [0.2, 0.25) is 0 Å². The zero-order valence-electron chi connectivity index (χ0n) is 14.4. The first-order valence-electron chi connectivity index (χ1n) is 8.85. The largest absolute Gasteiger partial charge is 0.379 e. The van der Waals surface area contributed by atoms with Gasteiger partial charge in [-0.05, 0) is 63.0 Å². The zero-order chi connectivity index (χ0) is 16.1. The lowest BCUT2D eigenvalue weighted by atomic mass is 10.0. The van der Waals surface area contributed by atoms with Crippen LogP contribution in [0.3, 0.4) is 0 Å². The fourth-order valence-electron chi connectivity index (χ4n) is 3.41. The summed E-state index contributed by atoms with van der Waals surface area (Å²) in [5, 5.41) is 3.64. The summed E-state index contributed by atoms with van der Waals surface area (Å²) in [5.41, 5.74) is 5.28. The molecule has 1 N–H and O–H groups in total. The zero-order valence-corrected chi connectivity index (χ0v) is 14.4. The number of hydrogen-bond acceptors (Lipinski definition) is 2. The average Bonchev–Trinajstić information content (AvgIpc) is 2.56. The van der Waals surface area contributed by atoms with Crippen molar-refractivity contribution < 1.29 is 0 Å². The standard InChI is InChI=1S/C21H28N2/c1-17-8-6-10-20(14-17)18(2)22-21-11-7-9-19(15-21)16-23-12-4-3-5-13-23/h6-11,14-15,18,22H,3-5,12-13,16H2,1-2H3. The molecule has 0 aromatic heterocycles. The van der Waals surface area contributed by atoms with E-state index in [4.69, 9.17) is 0 Å². The number of aryl methyl sites for hydroxylation is 1. The molecule has 1 fully saturated rings. The summed E-state index contributed by atoms with van der Waals surface area (Å²) >= 11 is 0. The fraction of sp³-hybridized carbons (Fsp3) is 0.429. The molecule has 1 aliphatic heterocycles. The molecule has 1 aliphatic rings. The number of anilines is 1. The maximum atomic E-state index is 3.64. The van der Waals surface area contributed by atoms with Crippen molar-refractivity contribution in [1.82, 2.24) is 4.90 Å². The van der Waals surface area contributed by atoms with Crippen molar-refractivity contribution in [2.24, 2.45) is 0 Å². The molecule has 122 valence electrons. The highest BCUT2D eigenvalue weighted by atomic mass is 15.1. The van der Waals surface area contributed by atoms with Crippen LogP contribution in [0.5, 0.6) is 0 Å². The fourth-order valence-corrected chi connectivity index (χ4v) is 3.41. The molecular weight excluding hydrogens is 280 g/mol. The number of benzene rings is 2. The van der Waals surface area contributed by atoms with E-state index in [1.807, 2.05) is 0 Å². The van der Waals surface area contributed by atoms with Crippen LogP contribution in [0.4, 0.5) is 5.69 Å². The predicted octanol–water partition coefficient (Wildman–Crippen LogP) is 5.15. The van der Waals surface area contributed by atoms with Crippen LogP contribution in [0.1, 0.15) is 48.9 Å². The Morgan fingerprint density at radius 2 is 1.78 bits per heavy atom. The van der Waals surface area contributed by atoms with Crippen LogP contribution in [0, 0.1) is 6.92 Å². The van der Waals surface area contributed by atoms with E-state index in [0.29, 0.717) is 6.04 Å². The molecule has 1 atom stereocenters. The lowest BCUT2D eigenvalue weighted by molar-refractivity contribution is 0.221. The third-order valence-electron chi connectivity index (χ3n) is 4.71. The van der Waals surface area contributed by atoms with E-state index in [0.717, 1.165) is 6.54 Å². The molecule has 3 rings (SSSR count). The second-order valence-electron chi connectivity index (χ2n) is 6.82. The number of hydrogen-bond donors (Lipinski definition) is 1. The molecule has 1 unspecified atom stereocenters. The second kappa shape index (κ2) is 7.65. The summed E-state index contributed by atoms with van der Waals surface area (Å²) < 4.78 is 0. The van der Waals surface area contributed by atoms with Gasteiger partial charge in [-0.25, -0.2) is 0 Å². The van der Waals surface area contributed by atoms with Gasteiger partial charge in [-0.3, -0.25) is 4.90 Å². The molecule has 1 saturated heterocycles. The second-order valence-corrected chi connectivity index (χ2v) is 6.82. The Morgan fingerprint density at radius 3 is 2.57 bits per heavy atom. The van der Waals surface area contributed by atoms with Crippen LogP contribution in [-0.2, 0) is 6.54 Å². The molecule has 0 bridgehead atoms. The van der Waals surface area contributed by atoms with Gasteiger partial charge in [0, 0.05) is 18.3 Å². The maximum Gasteiger partial charge on any atom is 0.0485 e. The minimum Gasteiger partial charge on any atom is -0.379 e. The van der Waals surface area contributed by atoms with Crippen LogP contribution < -0.4 is 5.32 Å². The molecule has 0 aliphatic carbocycles. The highest BCUT2D eigenvalue weighted by molar-refractivity contribution is 5.48. The SMILES string of the molecule is Cc1cccc(C(C)Nc2cccc(CN3CCCCC3)c2)c1. The van der Waals surface area contributed by atoms with Crippen LogP contribution in [0.25, 0.3) is 0 Å². The van der Waals surface area contributed by atoms with Gasteiger partial charge in [0.05, 0.1) is 0 Å². The number of piperidine rings is 1. The van der Waals surface area contributed by atoms with E-state index in [-0.39, 0.29) is 0 Å². The predicted molar refractivity (Wildman–Crippen MR) is 98.8 cm³/mol. The smallest absolute Gasteiger partial charge is 0.0485 e. The summed E-state index contributed by atoms with van der Waals surface area (Å²) in [7, 11) is 0. The first-order chi connectivity index (χ1) is 11.2. The molecule has 2 heteroatoms. The van der Waals surface area contributed by atoms with Crippen molar-refractivity contribution in [3.05, 3.63) is 65.2 Å². The minimum absolute atomic E-state index is 0.320. The van der Waals surface area contributed by atoms with Gasteiger partial charge in [-0.15, -0.1) is 0 Å². The van der Waals surface area contributed by atoms with E-state index < -0.39 is 0 Å². The van der Waals surface area contributed by atoms with Gasteiger partial charge in [0.2, 0.25) is 0 Å². The molecule has 0 spiro atoms. The molecule has 1 heterocycles. The lowest BCUT2D eigenvalue weighted by Crippen LogP contribution is -2.29. The Balaban J connectivity index is 1.64. The van der Waals surface area contributed by atoms with E-state index >= 15 is 0 Å². The lowest BCUT2D eigenvalue weighted by Gasteiger charge is -2.26. The summed E-state index contributed by atoms with van der Waals surface area (Å²) in [6, 6.07) is 18.0. The van der Waals surface area contributed by atoms with Crippen LogP contribution in [-0.4, -0.2) is 18.0 Å². The van der Waals surface area contributed by atoms with Crippen molar-refractivity contribution in [3.8, 4) is 0 Å². The molecule has 0 saturated carbocycles. The monoisotopic (exact) mass is 308 g/mol. The maximum absolute atomic E-state index is 3.64. The van der Waals surface area contributed by atoms with Crippen molar-refractivity contribution in [3.63, 3.8) is 0 Å². The van der Waals surface area contributed by atoms with Gasteiger partial charge in [0.25, 0.3) is 0 Å². The van der Waals surface area contributed by atoms with Crippen LogP contribution in [0.15, 0.2) is 48.5 Å². The number of nitrogens with one attached hydrogen (secondary N) is 1. The third-order valence-corrected chi connectivity index (χ3v) is 4.71. The Hall–Kier alpha value is -1.80. The van der Waals surface area contributed by atoms with Crippen molar-refractivity contribution >= 4 is 5.69 Å². The summed E-state index contributed by atoms with van der Waals surface area (Å²) in [5.74, 6) is 0. The number of nitrogens with zero attached hydrogens (tertiary/aromatic N) is 1. The summed E-state index contributed by atoms with van der Waals surface area (Å²) in [6.07, 6.45) is 4.09. The van der Waals surface area contributed by atoms with E-state index in [1.54, 1.807) is 0 Å². The average molecular weight is 308 g/mol. The molecule has 0 amide bonds. The highest BCUT2D eigenvalue weighted by Crippen LogP contribution is 2.22. The highest BCUT2D eigenvalue weighted by Gasteiger charge is 2.11. The van der Waals surface area contributed by atoms with Crippen molar-refractivity contribution in [2.75, 3.05) is 18.4 Å². The Kier molecular flexibility index (Phi) is 5.35. The number of likely N-dealkylation sites (tertiary alicyclic amines) is 1. The van der Waals surface area contributed by atoms with E-state index in [9.17, 15) is 0 Å².